The quantitative estimate of drug-likeness (QED) is 0.258. The summed E-state index contributed by atoms with van der Waals surface area (Å²) >= 11 is 12.6. The Labute approximate surface area is 220 Å². The van der Waals surface area contributed by atoms with Crippen molar-refractivity contribution in [2.75, 3.05) is 5.32 Å². The van der Waals surface area contributed by atoms with Crippen molar-refractivity contribution in [1.29, 1.82) is 0 Å². The minimum absolute atomic E-state index is 0.127. The van der Waals surface area contributed by atoms with Crippen molar-refractivity contribution in [3.05, 3.63) is 106 Å². The number of imidazole rings is 1. The van der Waals surface area contributed by atoms with E-state index in [9.17, 15) is 4.79 Å². The number of rotatable bonds is 4. The van der Waals surface area contributed by atoms with E-state index in [1.165, 1.54) is 5.56 Å². The highest BCUT2D eigenvalue weighted by atomic mass is 35.5. The molecule has 3 heterocycles. The van der Waals surface area contributed by atoms with Crippen molar-refractivity contribution in [3.63, 3.8) is 0 Å². The van der Waals surface area contributed by atoms with Gasteiger partial charge in [0.2, 0.25) is 0 Å². The molecule has 6 heteroatoms. The Balaban J connectivity index is 1.60. The highest BCUT2D eigenvalue weighted by Crippen LogP contribution is 2.40. The molecule has 2 aromatic heterocycles. The molecule has 0 fully saturated rings. The fourth-order valence-corrected chi connectivity index (χ4v) is 5.54. The fraction of sp³-hybridized carbons (Fsp3) is 0.167. The van der Waals surface area contributed by atoms with Crippen molar-refractivity contribution >= 4 is 40.4 Å². The van der Waals surface area contributed by atoms with Crippen LogP contribution in [-0.4, -0.2) is 14.9 Å². The summed E-state index contributed by atoms with van der Waals surface area (Å²) in [6.07, 6.45) is 5.10. The molecule has 4 nitrogen and oxygen atoms in total. The largest absolute Gasteiger partial charge is 0.325 e. The number of anilines is 1. The first-order valence-corrected chi connectivity index (χ1v) is 12.9. The lowest BCUT2D eigenvalue weighted by molar-refractivity contribution is 0.102. The lowest BCUT2D eigenvalue weighted by atomic mass is 9.98. The standard InChI is InChI=1S/C30H25Cl2N3O/c1-19-10-13-22(14-11-19)33-29(36)28-27(20-7-3-2-4-8-20)23-9-5-6-16-34-26(18-35(28)30(23)34)21-12-15-24(31)25(32)17-21/h2-4,7-8,10-15,17-18H,5-6,9,16H2,1H3,(H,33,36). The average Bonchev–Trinajstić information content (AvgIpc) is 3.30. The number of aryl methyl sites for hydroxylation is 3. The van der Waals surface area contributed by atoms with Gasteiger partial charge in [0.15, 0.2) is 0 Å². The van der Waals surface area contributed by atoms with Gasteiger partial charge in [0.1, 0.15) is 11.3 Å². The van der Waals surface area contributed by atoms with Crippen LogP contribution in [0.25, 0.3) is 28.0 Å². The van der Waals surface area contributed by atoms with Gasteiger partial charge in [0, 0.05) is 35.1 Å². The maximum Gasteiger partial charge on any atom is 0.273 e. The van der Waals surface area contributed by atoms with E-state index in [0.29, 0.717) is 15.7 Å². The first-order chi connectivity index (χ1) is 17.5. The lowest BCUT2D eigenvalue weighted by Crippen LogP contribution is -2.15. The van der Waals surface area contributed by atoms with Crippen molar-refractivity contribution in [2.24, 2.45) is 0 Å². The number of hydrogen-bond donors (Lipinski definition) is 1. The molecule has 1 aliphatic rings. The summed E-state index contributed by atoms with van der Waals surface area (Å²) in [7, 11) is 0. The minimum Gasteiger partial charge on any atom is -0.325 e. The first-order valence-electron chi connectivity index (χ1n) is 12.2. The third-order valence-electron chi connectivity index (χ3n) is 6.94. The van der Waals surface area contributed by atoms with E-state index in [-0.39, 0.29) is 5.91 Å². The summed E-state index contributed by atoms with van der Waals surface area (Å²) < 4.78 is 4.40. The van der Waals surface area contributed by atoms with Gasteiger partial charge in [0.05, 0.1) is 15.7 Å². The molecule has 0 unspecified atom stereocenters. The van der Waals surface area contributed by atoms with Gasteiger partial charge in [0.25, 0.3) is 5.91 Å². The third-order valence-corrected chi connectivity index (χ3v) is 7.68. The third kappa shape index (κ3) is 3.91. The average molecular weight is 514 g/mol. The summed E-state index contributed by atoms with van der Waals surface area (Å²) in [6, 6.07) is 23.8. The molecular formula is C30H25Cl2N3O. The van der Waals surface area contributed by atoms with E-state index in [2.05, 4.69) is 32.6 Å². The Bertz CT molecular complexity index is 1600. The number of halogens is 2. The fourth-order valence-electron chi connectivity index (χ4n) is 5.24. The van der Waals surface area contributed by atoms with Gasteiger partial charge in [-0.2, -0.15) is 0 Å². The van der Waals surface area contributed by atoms with Gasteiger partial charge in [-0.3, -0.25) is 9.20 Å². The smallest absolute Gasteiger partial charge is 0.273 e. The van der Waals surface area contributed by atoms with Gasteiger partial charge in [-0.15, -0.1) is 0 Å². The predicted octanol–water partition coefficient (Wildman–Crippen LogP) is 8.28. The molecule has 5 aromatic rings. The first kappa shape index (κ1) is 23.0. The van der Waals surface area contributed by atoms with Crippen molar-refractivity contribution in [2.45, 2.75) is 32.7 Å². The molecule has 0 aliphatic carbocycles. The number of amides is 1. The van der Waals surface area contributed by atoms with Gasteiger partial charge < -0.3 is 9.88 Å². The molecule has 0 saturated heterocycles. The second-order valence-electron chi connectivity index (χ2n) is 9.33. The molecule has 3 aromatic carbocycles. The van der Waals surface area contributed by atoms with E-state index in [4.69, 9.17) is 23.2 Å². The molecule has 0 saturated carbocycles. The summed E-state index contributed by atoms with van der Waals surface area (Å²) in [5.41, 5.74) is 8.91. The van der Waals surface area contributed by atoms with Crippen LogP contribution in [0.3, 0.4) is 0 Å². The Morgan fingerprint density at radius 3 is 2.42 bits per heavy atom. The van der Waals surface area contributed by atoms with Crippen LogP contribution in [0.1, 0.15) is 34.5 Å². The number of carbonyl (C=O) groups is 1. The molecule has 0 radical (unpaired) electrons. The molecular weight excluding hydrogens is 489 g/mol. The molecule has 0 spiro atoms. The maximum absolute atomic E-state index is 13.9. The van der Waals surface area contributed by atoms with Gasteiger partial charge in [-0.1, -0.05) is 77.3 Å². The van der Waals surface area contributed by atoms with Crippen LogP contribution < -0.4 is 5.32 Å². The zero-order chi connectivity index (χ0) is 24.8. The Morgan fingerprint density at radius 2 is 1.67 bits per heavy atom. The number of benzene rings is 3. The van der Waals surface area contributed by atoms with E-state index < -0.39 is 0 Å². The highest BCUT2D eigenvalue weighted by molar-refractivity contribution is 6.42. The van der Waals surface area contributed by atoms with Crippen LogP contribution in [0.5, 0.6) is 0 Å². The van der Waals surface area contributed by atoms with Gasteiger partial charge in [-0.05, 0) is 56.0 Å². The van der Waals surface area contributed by atoms with Gasteiger partial charge >= 0.3 is 0 Å². The van der Waals surface area contributed by atoms with E-state index in [0.717, 1.165) is 65.1 Å². The molecule has 1 amide bonds. The van der Waals surface area contributed by atoms with Crippen molar-refractivity contribution in [1.82, 2.24) is 8.97 Å². The second-order valence-corrected chi connectivity index (χ2v) is 10.1. The monoisotopic (exact) mass is 513 g/mol. The summed E-state index contributed by atoms with van der Waals surface area (Å²) in [4.78, 5) is 13.9. The SMILES string of the molecule is Cc1ccc(NC(=O)c2c(-c3ccccc3)c3c4n(c(-c5ccc(Cl)c(Cl)c5)cn24)CCCC3)cc1. The molecule has 1 aliphatic heterocycles. The van der Waals surface area contributed by atoms with E-state index in [1.807, 2.05) is 67.6 Å². The summed E-state index contributed by atoms with van der Waals surface area (Å²) in [5.74, 6) is -0.127. The number of nitrogens with zero attached hydrogens (tertiary/aromatic N) is 2. The molecule has 0 atom stereocenters. The van der Waals surface area contributed by atoms with E-state index in [1.54, 1.807) is 0 Å². The zero-order valence-corrected chi connectivity index (χ0v) is 21.4. The van der Waals surface area contributed by atoms with Crippen molar-refractivity contribution in [3.8, 4) is 22.4 Å². The van der Waals surface area contributed by atoms with Gasteiger partial charge in [-0.25, -0.2) is 0 Å². The predicted molar refractivity (Wildman–Crippen MR) is 148 cm³/mol. The number of carbonyl (C=O) groups excluding carboxylic acids is 1. The van der Waals surface area contributed by atoms with Crippen LogP contribution in [-0.2, 0) is 13.0 Å². The topological polar surface area (TPSA) is 38.4 Å². The van der Waals surface area contributed by atoms with E-state index >= 15 is 0 Å². The highest BCUT2D eigenvalue weighted by Gasteiger charge is 2.29. The Hall–Kier alpha value is -3.47. The van der Waals surface area contributed by atoms with Crippen LogP contribution in [0.15, 0.2) is 79.0 Å². The van der Waals surface area contributed by atoms with Crippen LogP contribution >= 0.6 is 23.2 Å². The summed E-state index contributed by atoms with van der Waals surface area (Å²) in [6.45, 7) is 2.91. The number of hydrogen-bond acceptors (Lipinski definition) is 1. The normalized spacial score (nSPS) is 13.1. The lowest BCUT2D eigenvalue weighted by Gasteiger charge is -2.10. The Morgan fingerprint density at radius 1 is 0.889 bits per heavy atom. The molecule has 1 N–H and O–H groups in total. The molecule has 0 bridgehead atoms. The number of aromatic nitrogens is 2. The van der Waals surface area contributed by atoms with Crippen LogP contribution in [0, 0.1) is 6.92 Å². The molecule has 6 rings (SSSR count). The van der Waals surface area contributed by atoms with Crippen molar-refractivity contribution < 1.29 is 4.79 Å². The van der Waals surface area contributed by atoms with Crippen LogP contribution in [0.2, 0.25) is 10.0 Å². The minimum atomic E-state index is -0.127. The van der Waals surface area contributed by atoms with Crippen LogP contribution in [0.4, 0.5) is 5.69 Å². The zero-order valence-electron chi connectivity index (χ0n) is 19.9. The second kappa shape index (κ2) is 9.20. The summed E-state index contributed by atoms with van der Waals surface area (Å²) in [5, 5.41) is 4.18. The Kier molecular flexibility index (Phi) is 5.87. The molecule has 180 valence electrons. The number of nitrogens with one attached hydrogen (secondary N) is 1. The molecule has 36 heavy (non-hydrogen) atoms. The maximum atomic E-state index is 13.9.